The van der Waals surface area contributed by atoms with Crippen molar-refractivity contribution in [3.63, 3.8) is 0 Å². The molecule has 1 saturated carbocycles. The van der Waals surface area contributed by atoms with E-state index in [0.29, 0.717) is 17.4 Å². The van der Waals surface area contributed by atoms with Gasteiger partial charge >= 0.3 is 0 Å². The lowest BCUT2D eigenvalue weighted by Gasteiger charge is -2.11. The fourth-order valence-corrected chi connectivity index (χ4v) is 2.76. The third kappa shape index (κ3) is 3.33. The summed E-state index contributed by atoms with van der Waals surface area (Å²) in [4.78, 5) is 22.2. The minimum Gasteiger partial charge on any atom is -0.345 e. The van der Waals surface area contributed by atoms with Gasteiger partial charge in [-0.3, -0.25) is 14.9 Å². The molecule has 0 radical (unpaired) electrons. The molecule has 2 aromatic rings. The SMILES string of the molecule is O=C(NCc1nnnn1C1CCCC1)c1ccc([N+](=O)[O-])cc1. The van der Waals surface area contributed by atoms with Crippen LogP contribution in [0.1, 0.15) is 47.9 Å². The number of carbonyl (C=O) groups excluding carboxylic acids is 1. The predicted molar refractivity (Wildman–Crippen MR) is 79.6 cm³/mol. The van der Waals surface area contributed by atoms with Gasteiger partial charge in [-0.25, -0.2) is 4.68 Å². The molecule has 1 aromatic heterocycles. The van der Waals surface area contributed by atoms with Gasteiger partial charge in [0.15, 0.2) is 5.82 Å². The molecule has 0 unspecified atom stereocenters. The molecular weight excluding hydrogens is 300 g/mol. The van der Waals surface area contributed by atoms with Crippen LogP contribution in [-0.2, 0) is 6.54 Å². The molecule has 9 nitrogen and oxygen atoms in total. The maximum Gasteiger partial charge on any atom is 0.269 e. The van der Waals surface area contributed by atoms with Crippen molar-refractivity contribution in [1.29, 1.82) is 0 Å². The number of non-ortho nitro benzene ring substituents is 1. The Labute approximate surface area is 131 Å². The van der Waals surface area contributed by atoms with E-state index in [1.807, 2.05) is 0 Å². The van der Waals surface area contributed by atoms with Crippen LogP contribution in [-0.4, -0.2) is 31.0 Å². The second-order valence-electron chi connectivity index (χ2n) is 5.46. The van der Waals surface area contributed by atoms with Crippen LogP contribution >= 0.6 is 0 Å². The van der Waals surface area contributed by atoms with Gasteiger partial charge in [0.25, 0.3) is 11.6 Å². The Morgan fingerprint density at radius 1 is 1.30 bits per heavy atom. The number of nitrogens with zero attached hydrogens (tertiary/aromatic N) is 5. The third-order valence-electron chi connectivity index (χ3n) is 3.98. The molecular formula is C14H16N6O3. The summed E-state index contributed by atoms with van der Waals surface area (Å²) >= 11 is 0. The topological polar surface area (TPSA) is 116 Å². The highest BCUT2D eigenvalue weighted by molar-refractivity contribution is 5.94. The van der Waals surface area contributed by atoms with E-state index in [1.54, 1.807) is 4.68 Å². The second-order valence-corrected chi connectivity index (χ2v) is 5.46. The number of nitrogens with one attached hydrogen (secondary N) is 1. The minimum atomic E-state index is -0.503. The fourth-order valence-electron chi connectivity index (χ4n) is 2.76. The van der Waals surface area contributed by atoms with E-state index in [4.69, 9.17) is 0 Å². The van der Waals surface area contributed by atoms with E-state index >= 15 is 0 Å². The van der Waals surface area contributed by atoms with E-state index in [2.05, 4.69) is 20.8 Å². The molecule has 120 valence electrons. The number of benzene rings is 1. The quantitative estimate of drug-likeness (QED) is 0.662. The number of carbonyl (C=O) groups is 1. The number of nitro benzene ring substituents is 1. The molecule has 1 aromatic carbocycles. The number of nitro groups is 1. The van der Waals surface area contributed by atoms with Crippen molar-refractivity contribution >= 4 is 11.6 Å². The van der Waals surface area contributed by atoms with Gasteiger partial charge in [0, 0.05) is 17.7 Å². The first-order chi connectivity index (χ1) is 11.1. The summed E-state index contributed by atoms with van der Waals surface area (Å²) in [5.74, 6) is 0.299. The Morgan fingerprint density at radius 3 is 2.65 bits per heavy atom. The maximum atomic E-state index is 12.1. The molecule has 9 heteroatoms. The van der Waals surface area contributed by atoms with Gasteiger partial charge < -0.3 is 5.32 Å². The lowest BCUT2D eigenvalue weighted by Crippen LogP contribution is -2.25. The summed E-state index contributed by atoms with van der Waals surface area (Å²) in [5.41, 5.74) is 0.308. The number of rotatable bonds is 5. The van der Waals surface area contributed by atoms with E-state index in [0.717, 1.165) is 12.8 Å². The van der Waals surface area contributed by atoms with Gasteiger partial charge in [-0.1, -0.05) is 12.8 Å². The molecule has 3 rings (SSSR count). The number of amides is 1. The van der Waals surface area contributed by atoms with Crippen LogP contribution < -0.4 is 5.32 Å². The second kappa shape index (κ2) is 6.51. The van der Waals surface area contributed by atoms with Crippen LogP contribution in [0.5, 0.6) is 0 Å². The molecule has 1 N–H and O–H groups in total. The third-order valence-corrected chi connectivity index (χ3v) is 3.98. The van der Waals surface area contributed by atoms with Crippen molar-refractivity contribution in [1.82, 2.24) is 25.5 Å². The lowest BCUT2D eigenvalue weighted by molar-refractivity contribution is -0.384. The van der Waals surface area contributed by atoms with Crippen LogP contribution in [0.4, 0.5) is 5.69 Å². The van der Waals surface area contributed by atoms with Crippen molar-refractivity contribution < 1.29 is 9.72 Å². The van der Waals surface area contributed by atoms with Crippen molar-refractivity contribution in [3.05, 3.63) is 45.8 Å². The number of hydrogen-bond acceptors (Lipinski definition) is 6. The van der Waals surface area contributed by atoms with Crippen LogP contribution in [0.25, 0.3) is 0 Å². The zero-order valence-corrected chi connectivity index (χ0v) is 12.4. The molecule has 23 heavy (non-hydrogen) atoms. The molecule has 0 saturated heterocycles. The van der Waals surface area contributed by atoms with Crippen LogP contribution in [0.2, 0.25) is 0 Å². The Kier molecular flexibility index (Phi) is 4.26. The molecule has 1 amide bonds. The normalized spacial score (nSPS) is 14.8. The molecule has 0 bridgehead atoms. The van der Waals surface area contributed by atoms with Crippen molar-refractivity contribution in [2.75, 3.05) is 0 Å². The summed E-state index contributed by atoms with van der Waals surface area (Å²) in [5, 5.41) is 25.0. The van der Waals surface area contributed by atoms with Crippen LogP contribution in [0.15, 0.2) is 24.3 Å². The summed E-state index contributed by atoms with van der Waals surface area (Å²) in [6.45, 7) is 0.222. The summed E-state index contributed by atoms with van der Waals surface area (Å²) < 4.78 is 1.78. The Hall–Kier alpha value is -2.84. The lowest BCUT2D eigenvalue weighted by atomic mass is 10.2. The molecule has 1 fully saturated rings. The van der Waals surface area contributed by atoms with Gasteiger partial charge in [-0.05, 0) is 35.4 Å². The van der Waals surface area contributed by atoms with Crippen LogP contribution in [0, 0.1) is 10.1 Å². The molecule has 1 aliphatic rings. The van der Waals surface area contributed by atoms with Crippen molar-refractivity contribution in [3.8, 4) is 0 Å². The first kappa shape index (κ1) is 15.1. The minimum absolute atomic E-state index is 0.0493. The summed E-state index contributed by atoms with van der Waals surface area (Å²) in [7, 11) is 0. The fraction of sp³-hybridized carbons (Fsp3) is 0.429. The van der Waals surface area contributed by atoms with E-state index in [-0.39, 0.29) is 18.1 Å². The number of tetrazole rings is 1. The predicted octanol–water partition coefficient (Wildman–Crippen LogP) is 1.63. The Balaban J connectivity index is 1.63. The zero-order valence-electron chi connectivity index (χ0n) is 12.4. The molecule has 1 aliphatic carbocycles. The molecule has 0 aliphatic heterocycles. The largest absolute Gasteiger partial charge is 0.345 e. The van der Waals surface area contributed by atoms with E-state index in [9.17, 15) is 14.9 Å². The first-order valence-electron chi connectivity index (χ1n) is 7.44. The maximum absolute atomic E-state index is 12.1. The van der Waals surface area contributed by atoms with Gasteiger partial charge in [-0.15, -0.1) is 5.10 Å². The standard InChI is InChI=1S/C14H16N6O3/c21-14(10-5-7-12(8-6-10)20(22)23)15-9-13-16-17-18-19(13)11-3-1-2-4-11/h5-8,11H,1-4,9H2,(H,15,21). The van der Waals surface area contributed by atoms with Gasteiger partial charge in [0.05, 0.1) is 17.5 Å². The van der Waals surface area contributed by atoms with E-state index in [1.165, 1.54) is 37.1 Å². The molecule has 0 atom stereocenters. The highest BCUT2D eigenvalue weighted by Gasteiger charge is 2.21. The average molecular weight is 316 g/mol. The van der Waals surface area contributed by atoms with Crippen molar-refractivity contribution in [2.45, 2.75) is 38.3 Å². The van der Waals surface area contributed by atoms with E-state index < -0.39 is 4.92 Å². The zero-order chi connectivity index (χ0) is 16.2. The first-order valence-corrected chi connectivity index (χ1v) is 7.44. The van der Waals surface area contributed by atoms with Gasteiger partial charge in [0.1, 0.15) is 0 Å². The Bertz CT molecular complexity index is 706. The monoisotopic (exact) mass is 316 g/mol. The summed E-state index contributed by atoms with van der Waals surface area (Å²) in [6, 6.07) is 5.76. The summed E-state index contributed by atoms with van der Waals surface area (Å²) in [6.07, 6.45) is 4.43. The van der Waals surface area contributed by atoms with Gasteiger partial charge in [-0.2, -0.15) is 0 Å². The average Bonchev–Trinajstić information content (AvgIpc) is 3.23. The van der Waals surface area contributed by atoms with Crippen LogP contribution in [0.3, 0.4) is 0 Å². The smallest absolute Gasteiger partial charge is 0.269 e. The van der Waals surface area contributed by atoms with Gasteiger partial charge in [0.2, 0.25) is 0 Å². The highest BCUT2D eigenvalue weighted by atomic mass is 16.6. The highest BCUT2D eigenvalue weighted by Crippen LogP contribution is 2.29. The number of aromatic nitrogens is 4. The molecule has 0 spiro atoms. The molecule has 1 heterocycles. The van der Waals surface area contributed by atoms with Crippen molar-refractivity contribution in [2.24, 2.45) is 0 Å². The number of hydrogen-bond donors (Lipinski definition) is 1. The Morgan fingerprint density at radius 2 is 2.00 bits per heavy atom.